The minimum Gasteiger partial charge on any atom is -0.490 e. The topological polar surface area (TPSA) is 44.8 Å². The number of carbonyl (C=O) groups is 1. The molecule has 1 N–H and O–H groups in total. The number of carbonyl (C=O) groups excluding carboxylic acids is 1. The van der Waals surface area contributed by atoms with Crippen LogP contribution in [-0.2, 0) is 6.42 Å². The van der Waals surface area contributed by atoms with Crippen LogP contribution < -0.4 is 15.0 Å². The summed E-state index contributed by atoms with van der Waals surface area (Å²) in [6.07, 6.45) is 7.90. The third-order valence-corrected chi connectivity index (χ3v) is 5.09. The van der Waals surface area contributed by atoms with Crippen LogP contribution in [0, 0.1) is 6.92 Å². The van der Waals surface area contributed by atoms with Gasteiger partial charge in [0.25, 0.3) is 0 Å². The van der Waals surface area contributed by atoms with Crippen molar-refractivity contribution < 1.29 is 9.53 Å². The van der Waals surface area contributed by atoms with E-state index in [1.54, 1.807) is 0 Å². The Balaban J connectivity index is 1.58. The van der Waals surface area contributed by atoms with Crippen LogP contribution in [0.5, 0.6) is 5.75 Å². The van der Waals surface area contributed by atoms with Gasteiger partial charge in [-0.1, -0.05) is 35.9 Å². The molecular weight excluding hydrogens is 374 g/mol. The fraction of sp³-hybridized carbons (Fsp3) is 0.320. The van der Waals surface area contributed by atoms with Crippen molar-refractivity contribution in [3.05, 3.63) is 78.4 Å². The molecule has 5 heteroatoms. The van der Waals surface area contributed by atoms with Gasteiger partial charge in [-0.05, 0) is 62.7 Å². The van der Waals surface area contributed by atoms with E-state index in [-0.39, 0.29) is 6.03 Å². The molecule has 1 heterocycles. The average molecular weight is 406 g/mol. The van der Waals surface area contributed by atoms with E-state index in [1.807, 2.05) is 60.4 Å². The summed E-state index contributed by atoms with van der Waals surface area (Å²) < 4.78 is 5.87. The molecule has 2 aromatic rings. The second-order valence-corrected chi connectivity index (χ2v) is 7.63. The Morgan fingerprint density at radius 3 is 2.77 bits per heavy atom. The highest BCUT2D eigenvalue weighted by Gasteiger charge is 2.23. The van der Waals surface area contributed by atoms with Gasteiger partial charge in [0, 0.05) is 31.0 Å². The summed E-state index contributed by atoms with van der Waals surface area (Å²) in [7, 11) is 2.05. The number of benzene rings is 2. The van der Waals surface area contributed by atoms with Crippen LogP contribution >= 0.6 is 0 Å². The van der Waals surface area contributed by atoms with Gasteiger partial charge in [0.15, 0.2) is 0 Å². The molecule has 0 spiro atoms. The van der Waals surface area contributed by atoms with Crippen LogP contribution in [0.1, 0.15) is 17.5 Å². The first-order chi connectivity index (χ1) is 14.6. The first-order valence-corrected chi connectivity index (χ1v) is 10.4. The monoisotopic (exact) mass is 405 g/mol. The molecule has 0 aromatic heterocycles. The zero-order valence-corrected chi connectivity index (χ0v) is 17.9. The molecule has 30 heavy (non-hydrogen) atoms. The number of rotatable bonds is 8. The lowest BCUT2D eigenvalue weighted by Gasteiger charge is -2.30. The van der Waals surface area contributed by atoms with Crippen molar-refractivity contribution in [2.24, 2.45) is 0 Å². The second-order valence-electron chi connectivity index (χ2n) is 7.63. The lowest BCUT2D eigenvalue weighted by atomic mass is 10.0. The van der Waals surface area contributed by atoms with Gasteiger partial charge in [-0.25, -0.2) is 4.79 Å². The van der Waals surface area contributed by atoms with Gasteiger partial charge in [-0.2, -0.15) is 0 Å². The Bertz CT molecular complexity index is 890. The number of likely N-dealkylation sites (N-methyl/N-ethyl adjacent to an activating group) is 1. The summed E-state index contributed by atoms with van der Waals surface area (Å²) in [5, 5.41) is 3.00. The molecule has 1 aliphatic rings. The van der Waals surface area contributed by atoms with Crippen molar-refractivity contribution in [2.45, 2.75) is 19.8 Å². The number of anilines is 2. The van der Waals surface area contributed by atoms with Gasteiger partial charge in [-0.3, -0.25) is 9.80 Å². The van der Waals surface area contributed by atoms with Crippen molar-refractivity contribution in [1.82, 2.24) is 4.90 Å². The summed E-state index contributed by atoms with van der Waals surface area (Å²) in [5.41, 5.74) is 4.08. The summed E-state index contributed by atoms with van der Waals surface area (Å²) in [6, 6.07) is 13.7. The van der Waals surface area contributed by atoms with E-state index in [9.17, 15) is 4.79 Å². The van der Waals surface area contributed by atoms with E-state index < -0.39 is 0 Å². The number of nitrogens with one attached hydrogen (secondary N) is 1. The number of fused-ring (bicyclic) bond motifs is 1. The van der Waals surface area contributed by atoms with Gasteiger partial charge in [0.1, 0.15) is 12.4 Å². The van der Waals surface area contributed by atoms with E-state index >= 15 is 0 Å². The number of ether oxygens (including phenoxy) is 1. The summed E-state index contributed by atoms with van der Waals surface area (Å²) in [5.74, 6) is 0.832. The van der Waals surface area contributed by atoms with Gasteiger partial charge in [0.05, 0.1) is 0 Å². The van der Waals surface area contributed by atoms with Crippen LogP contribution in [-0.4, -0.2) is 44.2 Å². The highest BCUT2D eigenvalue weighted by molar-refractivity contribution is 6.02. The Morgan fingerprint density at radius 2 is 2.00 bits per heavy atom. The third-order valence-electron chi connectivity index (χ3n) is 5.09. The van der Waals surface area contributed by atoms with Crippen molar-refractivity contribution in [2.75, 3.05) is 43.5 Å². The number of nitrogens with zero attached hydrogens (tertiary/aromatic N) is 2. The molecule has 3 rings (SSSR count). The Morgan fingerprint density at radius 1 is 1.20 bits per heavy atom. The summed E-state index contributed by atoms with van der Waals surface area (Å²) >= 11 is 0. The smallest absolute Gasteiger partial charge is 0.326 e. The van der Waals surface area contributed by atoms with Crippen molar-refractivity contribution in [1.29, 1.82) is 0 Å². The first-order valence-electron chi connectivity index (χ1n) is 10.4. The first kappa shape index (κ1) is 21.7. The van der Waals surface area contributed by atoms with Gasteiger partial charge in [-0.15, -0.1) is 6.58 Å². The standard InChI is InChI=1S/C25H31N3O2/c1-4-15-27(3)16-5-6-18-30-23-13-14-24-21(19-23)8-7-17-28(24)25(29)26-22-11-9-20(2)10-12-22/h4-6,9-14,19H,1,7-8,15-18H2,2-3H3,(H,26,29)/b6-5+. The molecule has 158 valence electrons. The predicted molar refractivity (Wildman–Crippen MR) is 125 cm³/mol. The van der Waals surface area contributed by atoms with E-state index in [0.717, 1.165) is 48.6 Å². The normalized spacial score (nSPS) is 13.4. The molecule has 0 bridgehead atoms. The van der Waals surface area contributed by atoms with Crippen LogP contribution in [0.4, 0.5) is 16.2 Å². The molecule has 1 aliphatic heterocycles. The lowest BCUT2D eigenvalue weighted by Crippen LogP contribution is -2.38. The van der Waals surface area contributed by atoms with Crippen molar-refractivity contribution in [3.8, 4) is 5.75 Å². The Kier molecular flexibility index (Phi) is 7.69. The number of amides is 2. The molecule has 0 atom stereocenters. The number of hydrogen-bond donors (Lipinski definition) is 1. The van der Waals surface area contributed by atoms with Crippen molar-refractivity contribution >= 4 is 17.4 Å². The molecule has 2 amide bonds. The molecule has 2 aromatic carbocycles. The molecule has 0 saturated heterocycles. The summed E-state index contributed by atoms with van der Waals surface area (Å²) in [4.78, 5) is 16.8. The zero-order chi connectivity index (χ0) is 21.3. The number of aryl methyl sites for hydroxylation is 2. The van der Waals surface area contributed by atoms with E-state index in [2.05, 4.69) is 36.0 Å². The molecule has 0 saturated carbocycles. The van der Waals surface area contributed by atoms with E-state index in [4.69, 9.17) is 4.74 Å². The number of hydrogen-bond acceptors (Lipinski definition) is 3. The Hall–Kier alpha value is -3.05. The number of urea groups is 1. The maximum Gasteiger partial charge on any atom is 0.326 e. The fourth-order valence-corrected chi connectivity index (χ4v) is 3.46. The fourth-order valence-electron chi connectivity index (χ4n) is 3.46. The quantitative estimate of drug-likeness (QED) is 0.626. The van der Waals surface area contributed by atoms with Crippen LogP contribution in [0.2, 0.25) is 0 Å². The van der Waals surface area contributed by atoms with E-state index in [0.29, 0.717) is 13.2 Å². The highest BCUT2D eigenvalue weighted by atomic mass is 16.5. The maximum absolute atomic E-state index is 12.8. The molecular formula is C25H31N3O2. The van der Waals surface area contributed by atoms with Gasteiger partial charge < -0.3 is 10.1 Å². The van der Waals surface area contributed by atoms with Crippen molar-refractivity contribution in [3.63, 3.8) is 0 Å². The minimum atomic E-state index is -0.0972. The minimum absolute atomic E-state index is 0.0972. The van der Waals surface area contributed by atoms with Gasteiger partial charge in [0.2, 0.25) is 0 Å². The van der Waals surface area contributed by atoms with E-state index in [1.165, 1.54) is 5.56 Å². The highest BCUT2D eigenvalue weighted by Crippen LogP contribution is 2.31. The lowest BCUT2D eigenvalue weighted by molar-refractivity contribution is 0.256. The van der Waals surface area contributed by atoms with Crippen LogP contribution in [0.25, 0.3) is 0 Å². The molecule has 0 radical (unpaired) electrons. The second kappa shape index (κ2) is 10.6. The molecule has 0 unspecified atom stereocenters. The molecule has 0 aliphatic carbocycles. The summed E-state index contributed by atoms with van der Waals surface area (Å²) in [6.45, 7) is 8.74. The predicted octanol–water partition coefficient (Wildman–Crippen LogP) is 5.03. The molecule has 5 nitrogen and oxygen atoms in total. The van der Waals surface area contributed by atoms with Crippen LogP contribution in [0.15, 0.2) is 67.3 Å². The largest absolute Gasteiger partial charge is 0.490 e. The van der Waals surface area contributed by atoms with Crippen LogP contribution in [0.3, 0.4) is 0 Å². The Labute approximate surface area is 179 Å². The van der Waals surface area contributed by atoms with Gasteiger partial charge >= 0.3 is 6.03 Å². The third kappa shape index (κ3) is 5.97. The average Bonchev–Trinajstić information content (AvgIpc) is 2.74. The zero-order valence-electron chi connectivity index (χ0n) is 17.9. The molecule has 0 fully saturated rings. The SMILES string of the molecule is C=CCN(C)C/C=C/COc1ccc2c(c1)CCCN2C(=O)Nc1ccc(C)cc1. The maximum atomic E-state index is 12.8.